The monoisotopic (exact) mass is 272 g/mol. The van der Waals surface area contributed by atoms with Crippen molar-refractivity contribution < 1.29 is 19.1 Å². The fraction of sp³-hybridized carbons (Fsp3) is 0.312. The van der Waals surface area contributed by atoms with E-state index in [0.29, 0.717) is 16.9 Å². The Hall–Kier alpha value is -2.23. The third-order valence-electron chi connectivity index (χ3n) is 3.56. The summed E-state index contributed by atoms with van der Waals surface area (Å²) in [5.74, 6) is -0.662. The van der Waals surface area contributed by atoms with Gasteiger partial charge in [0, 0.05) is 12.0 Å². The Morgan fingerprint density at radius 1 is 1.20 bits per heavy atom. The SMILES string of the molecule is CC(=O)C1=C(C)OC(=O)C1(C)CC(=O)c1ccccc1. The lowest BCUT2D eigenvalue weighted by Crippen LogP contribution is -2.31. The van der Waals surface area contributed by atoms with Gasteiger partial charge in [-0.05, 0) is 20.8 Å². The summed E-state index contributed by atoms with van der Waals surface area (Å²) in [5, 5.41) is 0. The van der Waals surface area contributed by atoms with Crippen LogP contribution < -0.4 is 0 Å². The lowest BCUT2D eigenvalue weighted by atomic mass is 9.76. The molecule has 4 nitrogen and oxygen atoms in total. The molecule has 0 spiro atoms. The molecule has 0 amide bonds. The Bertz CT molecular complexity index is 613. The standard InChI is InChI=1S/C16H16O4/c1-10(17)14-11(2)20-15(19)16(14,3)9-13(18)12-7-5-4-6-8-12/h4-8H,9H2,1-3H3. The van der Waals surface area contributed by atoms with E-state index in [4.69, 9.17) is 4.74 Å². The molecule has 0 radical (unpaired) electrons. The molecule has 20 heavy (non-hydrogen) atoms. The molecule has 0 aromatic heterocycles. The van der Waals surface area contributed by atoms with E-state index in [2.05, 4.69) is 0 Å². The summed E-state index contributed by atoms with van der Waals surface area (Å²) in [5.41, 5.74) is -0.371. The van der Waals surface area contributed by atoms with Crippen LogP contribution in [0.15, 0.2) is 41.7 Å². The highest BCUT2D eigenvalue weighted by molar-refractivity contribution is 6.08. The van der Waals surface area contributed by atoms with Crippen molar-refractivity contribution in [2.45, 2.75) is 27.2 Å². The zero-order valence-electron chi connectivity index (χ0n) is 11.7. The number of ether oxygens (including phenoxy) is 1. The van der Waals surface area contributed by atoms with E-state index in [1.54, 1.807) is 38.1 Å². The molecule has 1 aromatic rings. The first-order chi connectivity index (χ1) is 9.36. The maximum Gasteiger partial charge on any atom is 0.322 e. The van der Waals surface area contributed by atoms with E-state index in [1.165, 1.54) is 6.92 Å². The summed E-state index contributed by atoms with van der Waals surface area (Å²) in [6, 6.07) is 8.71. The molecule has 0 bridgehead atoms. The number of esters is 1. The van der Waals surface area contributed by atoms with Gasteiger partial charge in [0.25, 0.3) is 0 Å². The average molecular weight is 272 g/mol. The fourth-order valence-corrected chi connectivity index (χ4v) is 2.64. The van der Waals surface area contributed by atoms with Crippen molar-refractivity contribution in [1.29, 1.82) is 0 Å². The normalized spacial score (nSPS) is 21.9. The maximum atomic E-state index is 12.3. The van der Waals surface area contributed by atoms with Gasteiger partial charge in [-0.1, -0.05) is 30.3 Å². The molecule has 0 saturated heterocycles. The molecule has 1 heterocycles. The van der Waals surface area contributed by atoms with E-state index in [0.717, 1.165) is 0 Å². The number of allylic oxidation sites excluding steroid dienone is 1. The molecule has 1 atom stereocenters. The maximum absolute atomic E-state index is 12.3. The van der Waals surface area contributed by atoms with Crippen molar-refractivity contribution in [1.82, 2.24) is 0 Å². The van der Waals surface area contributed by atoms with Gasteiger partial charge in [-0.3, -0.25) is 14.4 Å². The molecule has 1 aliphatic rings. The van der Waals surface area contributed by atoms with Crippen LogP contribution in [-0.4, -0.2) is 17.5 Å². The van der Waals surface area contributed by atoms with Crippen LogP contribution in [-0.2, 0) is 14.3 Å². The van der Waals surface area contributed by atoms with Crippen molar-refractivity contribution in [3.05, 3.63) is 47.2 Å². The Morgan fingerprint density at radius 3 is 2.35 bits per heavy atom. The van der Waals surface area contributed by atoms with Crippen molar-refractivity contribution in [3.8, 4) is 0 Å². The summed E-state index contributed by atoms with van der Waals surface area (Å²) in [4.78, 5) is 36.0. The average Bonchev–Trinajstić information content (AvgIpc) is 2.60. The zero-order chi connectivity index (χ0) is 14.9. The van der Waals surface area contributed by atoms with Gasteiger partial charge in [0.2, 0.25) is 0 Å². The number of carbonyl (C=O) groups excluding carboxylic acids is 3. The second-order valence-corrected chi connectivity index (χ2v) is 5.17. The van der Waals surface area contributed by atoms with Crippen LogP contribution in [0.25, 0.3) is 0 Å². The predicted molar refractivity (Wildman–Crippen MR) is 73.0 cm³/mol. The summed E-state index contributed by atoms with van der Waals surface area (Å²) in [6.07, 6.45) is -0.0674. The molecule has 0 fully saturated rings. The molecule has 2 rings (SSSR count). The van der Waals surface area contributed by atoms with Gasteiger partial charge in [-0.2, -0.15) is 0 Å². The molecule has 4 heteroatoms. The van der Waals surface area contributed by atoms with Crippen molar-refractivity contribution in [3.63, 3.8) is 0 Å². The van der Waals surface area contributed by atoms with Crippen LogP contribution in [0.5, 0.6) is 0 Å². The molecule has 104 valence electrons. The summed E-state index contributed by atoms with van der Waals surface area (Å²) >= 11 is 0. The number of hydrogen-bond acceptors (Lipinski definition) is 4. The number of benzene rings is 1. The summed E-state index contributed by atoms with van der Waals surface area (Å²) in [6.45, 7) is 4.54. The van der Waals surface area contributed by atoms with E-state index in [9.17, 15) is 14.4 Å². The van der Waals surface area contributed by atoms with Crippen LogP contribution in [0.4, 0.5) is 0 Å². The number of hydrogen-bond donors (Lipinski definition) is 0. The first-order valence-electron chi connectivity index (χ1n) is 6.39. The molecular formula is C16H16O4. The minimum absolute atomic E-state index is 0.0674. The van der Waals surface area contributed by atoms with Gasteiger partial charge in [-0.15, -0.1) is 0 Å². The number of Topliss-reactive ketones (excluding diaryl/α,β-unsaturated/α-hetero) is 2. The number of cyclic esters (lactones) is 1. The van der Waals surface area contributed by atoms with Crippen molar-refractivity contribution >= 4 is 17.5 Å². The topological polar surface area (TPSA) is 60.4 Å². The first kappa shape index (κ1) is 14.2. The highest BCUT2D eigenvalue weighted by atomic mass is 16.5. The smallest absolute Gasteiger partial charge is 0.322 e. The molecule has 0 N–H and O–H groups in total. The van der Waals surface area contributed by atoms with E-state index in [-0.39, 0.29) is 18.0 Å². The van der Waals surface area contributed by atoms with Gasteiger partial charge >= 0.3 is 5.97 Å². The molecule has 0 aliphatic carbocycles. The van der Waals surface area contributed by atoms with Gasteiger partial charge in [-0.25, -0.2) is 0 Å². The number of carbonyl (C=O) groups is 3. The molecule has 1 unspecified atom stereocenters. The highest BCUT2D eigenvalue weighted by Crippen LogP contribution is 2.42. The second-order valence-electron chi connectivity index (χ2n) is 5.17. The Kier molecular flexibility index (Phi) is 3.57. The molecular weight excluding hydrogens is 256 g/mol. The van der Waals surface area contributed by atoms with Gasteiger partial charge < -0.3 is 4.74 Å². The number of rotatable bonds is 4. The van der Waals surface area contributed by atoms with Gasteiger partial charge in [0.05, 0.1) is 5.57 Å². The van der Waals surface area contributed by atoms with Crippen LogP contribution in [0.3, 0.4) is 0 Å². The Balaban J connectivity index is 2.34. The Labute approximate surface area is 117 Å². The summed E-state index contributed by atoms with van der Waals surface area (Å²) in [7, 11) is 0. The lowest BCUT2D eigenvalue weighted by Gasteiger charge is -2.21. The fourth-order valence-electron chi connectivity index (χ4n) is 2.64. The van der Waals surface area contributed by atoms with Crippen LogP contribution in [0.2, 0.25) is 0 Å². The molecule has 1 aliphatic heterocycles. The predicted octanol–water partition coefficient (Wildman–Crippen LogP) is 2.69. The third-order valence-corrected chi connectivity index (χ3v) is 3.56. The third kappa shape index (κ3) is 2.29. The Morgan fingerprint density at radius 2 is 1.80 bits per heavy atom. The van der Waals surface area contributed by atoms with E-state index >= 15 is 0 Å². The highest BCUT2D eigenvalue weighted by Gasteiger charge is 2.49. The van der Waals surface area contributed by atoms with E-state index in [1.807, 2.05) is 6.07 Å². The van der Waals surface area contributed by atoms with E-state index < -0.39 is 11.4 Å². The summed E-state index contributed by atoms with van der Waals surface area (Å²) < 4.78 is 5.06. The van der Waals surface area contributed by atoms with Crippen molar-refractivity contribution in [2.75, 3.05) is 0 Å². The minimum Gasteiger partial charge on any atom is -0.430 e. The quantitative estimate of drug-likeness (QED) is 0.624. The number of ketones is 2. The molecule has 1 aromatic carbocycles. The van der Waals surface area contributed by atoms with Crippen LogP contribution in [0.1, 0.15) is 37.6 Å². The van der Waals surface area contributed by atoms with Gasteiger partial charge in [0.1, 0.15) is 11.2 Å². The lowest BCUT2D eigenvalue weighted by molar-refractivity contribution is -0.145. The first-order valence-corrected chi connectivity index (χ1v) is 6.39. The second kappa shape index (κ2) is 5.04. The van der Waals surface area contributed by atoms with Crippen LogP contribution in [0, 0.1) is 5.41 Å². The minimum atomic E-state index is -1.19. The largest absolute Gasteiger partial charge is 0.430 e. The van der Waals surface area contributed by atoms with Crippen molar-refractivity contribution in [2.24, 2.45) is 5.41 Å². The zero-order valence-corrected chi connectivity index (χ0v) is 11.7. The van der Waals surface area contributed by atoms with Crippen LogP contribution >= 0.6 is 0 Å². The van der Waals surface area contributed by atoms with Gasteiger partial charge in [0.15, 0.2) is 11.6 Å². The molecule has 0 saturated carbocycles.